The Morgan fingerprint density at radius 2 is 0.875 bits per heavy atom. The molecule has 0 spiro atoms. The van der Waals surface area contributed by atoms with E-state index in [-0.39, 0.29) is 51.8 Å². The minimum Gasteiger partial charge on any atom is -0.492 e. The van der Waals surface area contributed by atoms with Gasteiger partial charge in [0, 0.05) is 45.1 Å². The molecule has 0 atom stereocenters. The Hall–Kier alpha value is -3.14. The number of aromatic nitrogens is 2. The van der Waals surface area contributed by atoms with Crippen molar-refractivity contribution in [2.24, 2.45) is 0 Å². The molecular formula is C22H14Cl4N2O10S2. The molecule has 0 fully saturated rings. The van der Waals surface area contributed by atoms with Crippen LogP contribution < -0.4 is 8.57 Å². The van der Waals surface area contributed by atoms with Crippen LogP contribution in [-0.4, -0.2) is 46.7 Å². The smallest absolute Gasteiger partial charge is 0.358 e. The van der Waals surface area contributed by atoms with Crippen LogP contribution in [0.4, 0.5) is 0 Å². The van der Waals surface area contributed by atoms with Crippen molar-refractivity contribution in [2.75, 3.05) is 0 Å². The van der Waals surface area contributed by atoms with E-state index in [1.165, 1.54) is 24.3 Å². The molecule has 4 N–H and O–H groups in total. The van der Waals surface area contributed by atoms with E-state index in [0.29, 0.717) is 0 Å². The predicted octanol–water partition coefficient (Wildman–Crippen LogP) is 3.86. The maximum Gasteiger partial charge on any atom is 0.358 e. The molecule has 0 unspecified atom stereocenters. The van der Waals surface area contributed by atoms with E-state index in [9.17, 15) is 37.3 Å². The number of hydrogen-bond donors (Lipinski definition) is 4. The summed E-state index contributed by atoms with van der Waals surface area (Å²) in [4.78, 5) is -1.09. The van der Waals surface area contributed by atoms with E-state index in [2.05, 4.69) is 0 Å². The standard InChI is InChI=1S/C22H14Cl4N2O10S2/c23-9-1-3-15(25)17(5-9)39(33,34)37-27-19(29)11-7-13-14(8-12(11)20(27)30)22(32)28(21(13)31)38-40(35,36)18-6-10(24)2-4-16(18)26/h1-6,29-32H,7-8H2. The van der Waals surface area contributed by atoms with Gasteiger partial charge in [-0.05, 0) is 36.4 Å². The van der Waals surface area contributed by atoms with Gasteiger partial charge in [-0.3, -0.25) is 8.57 Å². The number of aromatic hydroxyl groups is 4. The van der Waals surface area contributed by atoms with Crippen LogP contribution in [-0.2, 0) is 33.1 Å². The third kappa shape index (κ3) is 4.63. The van der Waals surface area contributed by atoms with Gasteiger partial charge in [0.2, 0.25) is 23.5 Å². The highest BCUT2D eigenvalue weighted by atomic mass is 35.5. The number of rotatable bonds is 6. The van der Waals surface area contributed by atoms with Crippen LogP contribution in [0.15, 0.2) is 46.2 Å². The minimum atomic E-state index is -4.72. The first-order chi connectivity index (χ1) is 18.6. The Morgan fingerprint density at radius 3 is 1.18 bits per heavy atom. The average Bonchev–Trinajstić information content (AvgIpc) is 3.25. The van der Waals surface area contributed by atoms with Gasteiger partial charge in [-0.15, -0.1) is 0 Å². The molecule has 0 saturated heterocycles. The number of fused-ring (bicyclic) bond motifs is 2. The lowest BCUT2D eigenvalue weighted by molar-refractivity contribution is 0.200. The normalized spacial score (nSPS) is 13.1. The third-order valence-corrected chi connectivity index (χ3v) is 9.75. The number of hydrogen-bond acceptors (Lipinski definition) is 10. The zero-order valence-electron chi connectivity index (χ0n) is 19.3. The molecule has 4 aromatic rings. The Balaban J connectivity index is 1.51. The van der Waals surface area contributed by atoms with Crippen LogP contribution >= 0.6 is 46.4 Å². The quantitative estimate of drug-likeness (QED) is 0.207. The van der Waals surface area contributed by atoms with Crippen molar-refractivity contribution < 1.29 is 45.8 Å². The molecule has 0 amide bonds. The lowest BCUT2D eigenvalue weighted by Crippen LogP contribution is -2.20. The molecule has 12 nitrogen and oxygen atoms in total. The molecule has 40 heavy (non-hydrogen) atoms. The highest BCUT2D eigenvalue weighted by Crippen LogP contribution is 2.47. The fourth-order valence-corrected chi connectivity index (χ4v) is 7.35. The minimum absolute atomic E-state index is 0.0240. The van der Waals surface area contributed by atoms with Crippen molar-refractivity contribution in [2.45, 2.75) is 22.6 Å². The van der Waals surface area contributed by atoms with Gasteiger partial charge in [0.1, 0.15) is 9.79 Å². The highest BCUT2D eigenvalue weighted by molar-refractivity contribution is 7.87. The van der Waals surface area contributed by atoms with Crippen molar-refractivity contribution in [1.29, 1.82) is 0 Å². The van der Waals surface area contributed by atoms with Crippen molar-refractivity contribution in [3.05, 3.63) is 78.7 Å². The monoisotopic (exact) mass is 670 g/mol. The van der Waals surface area contributed by atoms with E-state index in [0.717, 1.165) is 12.1 Å². The van der Waals surface area contributed by atoms with E-state index < -0.39 is 66.4 Å². The summed E-state index contributed by atoms with van der Waals surface area (Å²) in [6, 6.07) is 7.11. The molecule has 212 valence electrons. The molecule has 0 bridgehead atoms. The summed E-state index contributed by atoms with van der Waals surface area (Å²) in [5.41, 5.74) is -0.368. The predicted molar refractivity (Wildman–Crippen MR) is 142 cm³/mol. The number of halogens is 4. The fraction of sp³-hybridized carbons (Fsp3) is 0.0909. The van der Waals surface area contributed by atoms with Crippen molar-refractivity contribution in [3.63, 3.8) is 0 Å². The molecule has 18 heteroatoms. The second-order valence-corrected chi connectivity index (χ2v) is 13.0. The van der Waals surface area contributed by atoms with Crippen molar-refractivity contribution in [3.8, 4) is 23.5 Å². The third-order valence-electron chi connectivity index (χ3n) is 5.96. The van der Waals surface area contributed by atoms with Crippen molar-refractivity contribution >= 4 is 66.6 Å². The van der Waals surface area contributed by atoms with Crippen LogP contribution in [0.3, 0.4) is 0 Å². The Morgan fingerprint density at radius 1 is 0.575 bits per heavy atom. The summed E-state index contributed by atoms with van der Waals surface area (Å²) >= 11 is 23.6. The molecule has 2 aromatic carbocycles. The molecule has 5 rings (SSSR count). The summed E-state index contributed by atoms with van der Waals surface area (Å²) in [7, 11) is -9.45. The first-order valence-electron chi connectivity index (χ1n) is 10.7. The zero-order chi connectivity index (χ0) is 29.3. The van der Waals surface area contributed by atoms with Crippen LogP contribution in [0.5, 0.6) is 23.5 Å². The summed E-state index contributed by atoms with van der Waals surface area (Å²) in [6.45, 7) is 0. The molecule has 0 saturated carbocycles. The molecule has 2 aromatic heterocycles. The largest absolute Gasteiger partial charge is 0.492 e. The van der Waals surface area contributed by atoms with Crippen LogP contribution in [0, 0.1) is 0 Å². The topological polar surface area (TPSA) is 178 Å². The second kappa shape index (κ2) is 9.75. The lowest BCUT2D eigenvalue weighted by Gasteiger charge is -2.11. The Kier molecular flexibility index (Phi) is 6.92. The van der Waals surface area contributed by atoms with Gasteiger partial charge in [0.25, 0.3) is 0 Å². The van der Waals surface area contributed by atoms with Crippen molar-refractivity contribution in [1.82, 2.24) is 9.46 Å². The second-order valence-electron chi connectivity index (χ2n) is 8.36. The summed E-state index contributed by atoms with van der Waals surface area (Å²) in [5.74, 6) is -3.42. The number of benzene rings is 2. The maximum absolute atomic E-state index is 12.8. The molecule has 1 aliphatic carbocycles. The van der Waals surface area contributed by atoms with Gasteiger partial charge in [-0.2, -0.15) is 16.8 Å². The van der Waals surface area contributed by atoms with Crippen LogP contribution in [0.25, 0.3) is 0 Å². The molecule has 1 aliphatic rings. The van der Waals surface area contributed by atoms with Gasteiger partial charge in [-0.25, -0.2) is 0 Å². The summed E-state index contributed by atoms with van der Waals surface area (Å²) in [6.07, 6.45) is -0.821. The molecular weight excluding hydrogens is 658 g/mol. The fourth-order valence-electron chi connectivity index (χ4n) is 4.08. The molecule has 2 heterocycles. The van der Waals surface area contributed by atoms with Gasteiger partial charge in [0.05, 0.1) is 10.0 Å². The van der Waals surface area contributed by atoms with E-state index in [4.69, 9.17) is 55.0 Å². The SMILES string of the molecule is O=S(=O)(On1c(O)c2c(c1O)Cc1c(c(O)n(OS(=O)(=O)c3cc(Cl)ccc3Cl)c1O)C2)c1cc(Cl)ccc1Cl. The maximum atomic E-state index is 12.8. The zero-order valence-corrected chi connectivity index (χ0v) is 24.0. The molecule has 0 radical (unpaired) electrons. The van der Waals surface area contributed by atoms with Gasteiger partial charge in [0.15, 0.2) is 0 Å². The highest BCUT2D eigenvalue weighted by Gasteiger charge is 2.37. The first kappa shape index (κ1) is 28.4. The Bertz CT molecular complexity index is 1740. The Labute approximate surface area is 245 Å². The first-order valence-corrected chi connectivity index (χ1v) is 15.0. The average molecular weight is 672 g/mol. The van der Waals surface area contributed by atoms with Gasteiger partial charge in [-0.1, -0.05) is 55.9 Å². The molecule has 0 aliphatic heterocycles. The van der Waals surface area contributed by atoms with Gasteiger partial charge < -0.3 is 20.4 Å². The number of nitrogens with zero attached hydrogens (tertiary/aromatic N) is 2. The van der Waals surface area contributed by atoms with E-state index >= 15 is 0 Å². The van der Waals surface area contributed by atoms with E-state index in [1.54, 1.807) is 0 Å². The summed E-state index contributed by atoms with van der Waals surface area (Å²) in [5, 5.41) is 42.5. The van der Waals surface area contributed by atoms with Crippen LogP contribution in [0.2, 0.25) is 20.1 Å². The van der Waals surface area contributed by atoms with Crippen LogP contribution in [0.1, 0.15) is 22.3 Å². The summed E-state index contributed by atoms with van der Waals surface area (Å²) < 4.78 is 61.6. The lowest BCUT2D eigenvalue weighted by atomic mass is 9.90. The van der Waals surface area contributed by atoms with Gasteiger partial charge >= 0.3 is 20.2 Å². The van der Waals surface area contributed by atoms with E-state index in [1.807, 2.05) is 0 Å².